The molecule has 1 heterocycles. The highest BCUT2D eigenvalue weighted by atomic mass is 16.6. The zero-order valence-electron chi connectivity index (χ0n) is 7.55. The molecule has 14 heavy (non-hydrogen) atoms. The Balaban J connectivity index is 2.61. The van der Waals surface area contributed by atoms with Crippen LogP contribution < -0.4 is 5.73 Å². The third-order valence-corrected chi connectivity index (χ3v) is 1.83. The van der Waals surface area contributed by atoms with Gasteiger partial charge in [0.25, 0.3) is 0 Å². The van der Waals surface area contributed by atoms with Crippen molar-refractivity contribution in [1.82, 2.24) is 0 Å². The number of aliphatic hydroxyl groups excluding tert-OH is 1. The molecule has 0 fully saturated rings. The summed E-state index contributed by atoms with van der Waals surface area (Å²) in [6.45, 7) is 0.0521. The van der Waals surface area contributed by atoms with E-state index >= 15 is 0 Å². The molecule has 3 N–H and O–H groups in total. The van der Waals surface area contributed by atoms with Crippen molar-refractivity contribution in [2.45, 2.75) is 18.9 Å². The van der Waals surface area contributed by atoms with E-state index in [4.69, 9.17) is 15.3 Å². The van der Waals surface area contributed by atoms with Crippen LogP contribution >= 0.6 is 0 Å². The van der Waals surface area contributed by atoms with Gasteiger partial charge in [-0.2, -0.15) is 0 Å². The van der Waals surface area contributed by atoms with Gasteiger partial charge in [0.15, 0.2) is 0 Å². The molecule has 0 saturated carbocycles. The predicted octanol–water partition coefficient (Wildman–Crippen LogP) is 0.960. The van der Waals surface area contributed by atoms with Crippen molar-refractivity contribution < 1.29 is 14.4 Å². The van der Waals surface area contributed by atoms with Crippen molar-refractivity contribution in [3.8, 4) is 0 Å². The van der Waals surface area contributed by atoms with Gasteiger partial charge in [-0.25, -0.2) is 0 Å². The van der Waals surface area contributed by atoms with E-state index in [2.05, 4.69) is 0 Å². The summed E-state index contributed by atoms with van der Waals surface area (Å²) in [5, 5.41) is 18.8. The lowest BCUT2D eigenvalue weighted by molar-refractivity contribution is -0.402. The lowest BCUT2D eigenvalue weighted by Gasteiger charge is -2.05. The van der Waals surface area contributed by atoms with E-state index in [-0.39, 0.29) is 12.5 Å². The minimum absolute atomic E-state index is 0.0521. The zero-order valence-corrected chi connectivity index (χ0v) is 7.55. The highest BCUT2D eigenvalue weighted by Gasteiger charge is 2.16. The van der Waals surface area contributed by atoms with Crippen molar-refractivity contribution in [3.05, 3.63) is 28.0 Å². The largest absolute Gasteiger partial charge is 0.433 e. The van der Waals surface area contributed by atoms with Crippen molar-refractivity contribution in [2.75, 3.05) is 6.61 Å². The first-order valence-corrected chi connectivity index (χ1v) is 4.25. The minimum Gasteiger partial charge on any atom is -0.404 e. The van der Waals surface area contributed by atoms with E-state index in [9.17, 15) is 10.1 Å². The van der Waals surface area contributed by atoms with Crippen LogP contribution in [0.5, 0.6) is 0 Å². The topological polar surface area (TPSA) is 103 Å². The van der Waals surface area contributed by atoms with Gasteiger partial charge in [-0.15, -0.1) is 0 Å². The molecule has 0 spiro atoms. The number of rotatable bonds is 5. The summed E-state index contributed by atoms with van der Waals surface area (Å²) in [5.74, 6) is 0.0737. The third-order valence-electron chi connectivity index (χ3n) is 1.83. The summed E-state index contributed by atoms with van der Waals surface area (Å²) < 4.78 is 4.90. The number of aliphatic hydroxyl groups is 1. The van der Waals surface area contributed by atoms with Gasteiger partial charge < -0.3 is 15.3 Å². The molecule has 1 atom stereocenters. The minimum atomic E-state index is -0.609. The molecule has 78 valence electrons. The van der Waals surface area contributed by atoms with Gasteiger partial charge in [-0.1, -0.05) is 0 Å². The number of hydrogen-bond donors (Lipinski definition) is 2. The fourth-order valence-corrected chi connectivity index (χ4v) is 1.09. The van der Waals surface area contributed by atoms with Crippen molar-refractivity contribution in [2.24, 2.45) is 5.73 Å². The molecule has 0 aliphatic carbocycles. The van der Waals surface area contributed by atoms with E-state index < -0.39 is 11.0 Å². The standard InChI is InChI=1S/C8H12N2O4/c9-6(2-1-5-11)7-3-4-8(14-7)10(12)13/h3-4,6,11H,1-2,5,9H2/t6-/m0/s1. The van der Waals surface area contributed by atoms with Gasteiger partial charge in [0, 0.05) is 6.61 Å². The molecule has 0 amide bonds. The monoisotopic (exact) mass is 200 g/mol. The molecule has 6 heteroatoms. The second-order valence-corrected chi connectivity index (χ2v) is 2.91. The fourth-order valence-electron chi connectivity index (χ4n) is 1.09. The smallest absolute Gasteiger partial charge is 0.404 e. The lowest BCUT2D eigenvalue weighted by atomic mass is 10.1. The Labute approximate surface area is 80.5 Å². The molecular weight excluding hydrogens is 188 g/mol. The summed E-state index contributed by atoms with van der Waals surface area (Å²) >= 11 is 0. The first-order chi connectivity index (χ1) is 6.65. The van der Waals surface area contributed by atoms with Crippen LogP contribution in [0.2, 0.25) is 0 Å². The summed E-state index contributed by atoms with van der Waals surface area (Å²) in [6.07, 6.45) is 1.09. The fraction of sp³-hybridized carbons (Fsp3) is 0.500. The average molecular weight is 200 g/mol. The van der Waals surface area contributed by atoms with Gasteiger partial charge in [0.1, 0.15) is 10.7 Å². The first kappa shape index (κ1) is 10.7. The van der Waals surface area contributed by atoms with Gasteiger partial charge >= 0.3 is 5.88 Å². The normalized spacial score (nSPS) is 12.7. The molecule has 6 nitrogen and oxygen atoms in total. The van der Waals surface area contributed by atoms with Crippen LogP contribution in [0, 0.1) is 10.1 Å². The van der Waals surface area contributed by atoms with Crippen molar-refractivity contribution >= 4 is 5.88 Å². The quantitative estimate of drug-likeness (QED) is 0.544. The van der Waals surface area contributed by atoms with Crippen LogP contribution in [-0.4, -0.2) is 16.6 Å². The lowest BCUT2D eigenvalue weighted by Crippen LogP contribution is -2.09. The number of nitrogens with zero attached hydrogens (tertiary/aromatic N) is 1. The molecule has 0 bridgehead atoms. The van der Waals surface area contributed by atoms with E-state index in [0.717, 1.165) is 0 Å². The van der Waals surface area contributed by atoms with Crippen LogP contribution in [0.1, 0.15) is 24.6 Å². The molecular formula is C8H12N2O4. The molecule has 0 saturated heterocycles. The number of nitrogens with two attached hydrogens (primary N) is 1. The van der Waals surface area contributed by atoms with E-state index in [1.807, 2.05) is 0 Å². The number of furan rings is 1. The van der Waals surface area contributed by atoms with E-state index in [1.165, 1.54) is 12.1 Å². The number of nitro groups is 1. The SMILES string of the molecule is N[C@@H](CCCO)c1ccc([N+](=O)[O-])o1. The molecule has 1 aromatic heterocycles. The van der Waals surface area contributed by atoms with E-state index in [0.29, 0.717) is 18.6 Å². The Morgan fingerprint density at radius 3 is 2.86 bits per heavy atom. The second-order valence-electron chi connectivity index (χ2n) is 2.91. The Bertz CT molecular complexity index is 310. The molecule has 0 aliphatic rings. The number of hydrogen-bond acceptors (Lipinski definition) is 5. The molecule has 1 aromatic rings. The van der Waals surface area contributed by atoms with Crippen molar-refractivity contribution in [3.63, 3.8) is 0 Å². The third kappa shape index (κ3) is 2.54. The van der Waals surface area contributed by atoms with Crippen LogP contribution in [0.25, 0.3) is 0 Å². The second kappa shape index (κ2) is 4.73. The summed E-state index contributed by atoms with van der Waals surface area (Å²) in [5.41, 5.74) is 5.67. The maximum atomic E-state index is 10.3. The summed E-state index contributed by atoms with van der Waals surface area (Å²) in [4.78, 5) is 9.67. The first-order valence-electron chi connectivity index (χ1n) is 4.25. The molecule has 0 radical (unpaired) electrons. The maximum absolute atomic E-state index is 10.3. The molecule has 0 aromatic carbocycles. The average Bonchev–Trinajstić information content (AvgIpc) is 2.62. The van der Waals surface area contributed by atoms with Crippen LogP contribution in [0.4, 0.5) is 5.88 Å². The Kier molecular flexibility index (Phi) is 3.61. The maximum Gasteiger partial charge on any atom is 0.433 e. The predicted molar refractivity (Wildman–Crippen MR) is 48.6 cm³/mol. The Hall–Kier alpha value is -1.40. The van der Waals surface area contributed by atoms with Gasteiger partial charge in [-0.3, -0.25) is 10.1 Å². The van der Waals surface area contributed by atoms with Crippen LogP contribution in [0.3, 0.4) is 0 Å². The Morgan fingerprint density at radius 2 is 2.36 bits per heavy atom. The van der Waals surface area contributed by atoms with Crippen molar-refractivity contribution in [1.29, 1.82) is 0 Å². The molecule has 0 aliphatic heterocycles. The van der Waals surface area contributed by atoms with Gasteiger partial charge in [-0.05, 0) is 18.9 Å². The van der Waals surface area contributed by atoms with Crippen LogP contribution in [0.15, 0.2) is 16.5 Å². The zero-order chi connectivity index (χ0) is 10.6. The highest BCUT2D eigenvalue weighted by molar-refractivity contribution is 5.19. The van der Waals surface area contributed by atoms with E-state index in [1.54, 1.807) is 0 Å². The summed E-state index contributed by atoms with van der Waals surface area (Å²) in [6, 6.07) is 2.37. The van der Waals surface area contributed by atoms with Gasteiger partial charge in [0.2, 0.25) is 0 Å². The molecule has 0 unspecified atom stereocenters. The Morgan fingerprint density at radius 1 is 1.64 bits per heavy atom. The van der Waals surface area contributed by atoms with Gasteiger partial charge in [0.05, 0.1) is 12.1 Å². The van der Waals surface area contributed by atoms with Crippen LogP contribution in [-0.2, 0) is 0 Å². The highest BCUT2D eigenvalue weighted by Crippen LogP contribution is 2.22. The molecule has 1 rings (SSSR count). The summed E-state index contributed by atoms with van der Waals surface area (Å²) in [7, 11) is 0.